The Bertz CT molecular complexity index is 1110. The molecule has 0 atom stereocenters. The van der Waals surface area contributed by atoms with Gasteiger partial charge in [0.15, 0.2) is 0 Å². The molecule has 0 bridgehead atoms. The molecule has 5 nitrogen and oxygen atoms in total. The Hall–Kier alpha value is -3.57. The molecule has 0 aromatic heterocycles. The molecule has 4 rings (SSSR count). The van der Waals surface area contributed by atoms with Gasteiger partial charge in [0, 0.05) is 22.0 Å². The Morgan fingerprint density at radius 1 is 0.929 bits per heavy atom. The van der Waals surface area contributed by atoms with Crippen molar-refractivity contribution < 1.29 is 14.7 Å². The second kappa shape index (κ2) is 7.21. The van der Waals surface area contributed by atoms with Crippen molar-refractivity contribution in [1.29, 1.82) is 0 Å². The zero-order valence-corrected chi connectivity index (χ0v) is 15.3. The highest BCUT2D eigenvalue weighted by molar-refractivity contribution is 6.37. The Morgan fingerprint density at radius 2 is 1.64 bits per heavy atom. The SMILES string of the molecule is O=C1Nc2ccc(C(=O)O)cc2/C1=C(/Nc1ccc(Cl)cc1)c1ccccc1. The van der Waals surface area contributed by atoms with E-state index in [4.69, 9.17) is 11.6 Å². The van der Waals surface area contributed by atoms with E-state index < -0.39 is 5.97 Å². The van der Waals surface area contributed by atoms with E-state index in [1.54, 1.807) is 18.2 Å². The monoisotopic (exact) mass is 390 g/mol. The first-order chi connectivity index (χ1) is 13.5. The highest BCUT2D eigenvalue weighted by Crippen LogP contribution is 2.38. The summed E-state index contributed by atoms with van der Waals surface area (Å²) in [7, 11) is 0. The van der Waals surface area contributed by atoms with Gasteiger partial charge in [-0.15, -0.1) is 0 Å². The van der Waals surface area contributed by atoms with Crippen molar-refractivity contribution in [2.45, 2.75) is 0 Å². The number of nitrogens with one attached hydrogen (secondary N) is 2. The van der Waals surface area contributed by atoms with Crippen molar-refractivity contribution in [3.63, 3.8) is 0 Å². The number of halogens is 1. The molecule has 0 unspecified atom stereocenters. The summed E-state index contributed by atoms with van der Waals surface area (Å²) < 4.78 is 0. The smallest absolute Gasteiger partial charge is 0.335 e. The van der Waals surface area contributed by atoms with Crippen LogP contribution in [-0.4, -0.2) is 17.0 Å². The topological polar surface area (TPSA) is 78.4 Å². The van der Waals surface area contributed by atoms with Gasteiger partial charge in [-0.2, -0.15) is 0 Å². The first kappa shape index (κ1) is 17.8. The number of hydrogen-bond acceptors (Lipinski definition) is 3. The van der Waals surface area contributed by atoms with Crippen LogP contribution in [0.1, 0.15) is 21.5 Å². The zero-order chi connectivity index (χ0) is 19.7. The van der Waals surface area contributed by atoms with E-state index in [0.717, 1.165) is 11.3 Å². The van der Waals surface area contributed by atoms with Crippen LogP contribution in [0.3, 0.4) is 0 Å². The van der Waals surface area contributed by atoms with Crippen molar-refractivity contribution >= 4 is 46.1 Å². The molecule has 0 fully saturated rings. The van der Waals surface area contributed by atoms with Crippen LogP contribution in [0, 0.1) is 0 Å². The van der Waals surface area contributed by atoms with E-state index in [2.05, 4.69) is 10.6 Å². The maximum Gasteiger partial charge on any atom is 0.335 e. The first-order valence-electron chi connectivity index (χ1n) is 8.54. The third-order valence-corrected chi connectivity index (χ3v) is 4.69. The molecular weight excluding hydrogens is 376 g/mol. The van der Waals surface area contributed by atoms with Gasteiger partial charge in [0.05, 0.1) is 16.8 Å². The van der Waals surface area contributed by atoms with Gasteiger partial charge < -0.3 is 15.7 Å². The van der Waals surface area contributed by atoms with Gasteiger partial charge in [0.25, 0.3) is 5.91 Å². The van der Waals surface area contributed by atoms with E-state index >= 15 is 0 Å². The summed E-state index contributed by atoms with van der Waals surface area (Å²) in [4.78, 5) is 24.2. The van der Waals surface area contributed by atoms with Crippen LogP contribution in [0.15, 0.2) is 72.8 Å². The fourth-order valence-corrected chi connectivity index (χ4v) is 3.24. The van der Waals surface area contributed by atoms with Crippen LogP contribution in [0.5, 0.6) is 0 Å². The lowest BCUT2D eigenvalue weighted by atomic mass is 9.98. The Morgan fingerprint density at radius 3 is 2.32 bits per heavy atom. The molecule has 138 valence electrons. The molecule has 6 heteroatoms. The van der Waals surface area contributed by atoms with Crippen molar-refractivity contribution in [2.75, 3.05) is 10.6 Å². The largest absolute Gasteiger partial charge is 0.478 e. The lowest BCUT2D eigenvalue weighted by Gasteiger charge is -2.15. The van der Waals surface area contributed by atoms with Gasteiger partial charge >= 0.3 is 5.97 Å². The number of carboxylic acid groups (broad SMARTS) is 1. The number of carboxylic acids is 1. The van der Waals surface area contributed by atoms with E-state index in [1.807, 2.05) is 42.5 Å². The number of benzene rings is 3. The van der Waals surface area contributed by atoms with Crippen molar-refractivity contribution in [1.82, 2.24) is 0 Å². The first-order valence-corrected chi connectivity index (χ1v) is 8.92. The van der Waals surface area contributed by atoms with Gasteiger partial charge in [0.2, 0.25) is 0 Å². The number of carbonyl (C=O) groups excluding carboxylic acids is 1. The van der Waals surface area contributed by atoms with Crippen LogP contribution < -0.4 is 10.6 Å². The summed E-state index contributed by atoms with van der Waals surface area (Å²) in [5.74, 6) is -1.34. The van der Waals surface area contributed by atoms with Crippen LogP contribution >= 0.6 is 11.6 Å². The molecule has 1 amide bonds. The number of aromatic carboxylic acids is 1. The Kier molecular flexibility index (Phi) is 4.59. The summed E-state index contributed by atoms with van der Waals surface area (Å²) in [6.07, 6.45) is 0. The predicted octanol–water partition coefficient (Wildman–Crippen LogP) is 4.97. The highest BCUT2D eigenvalue weighted by Gasteiger charge is 2.29. The van der Waals surface area contributed by atoms with Crippen LogP contribution in [0.25, 0.3) is 11.3 Å². The second-order valence-electron chi connectivity index (χ2n) is 6.27. The molecule has 3 aromatic carbocycles. The molecule has 0 saturated carbocycles. The molecule has 3 aromatic rings. The number of rotatable bonds is 4. The number of anilines is 2. The Labute approximate surface area is 166 Å². The van der Waals surface area contributed by atoms with E-state index in [9.17, 15) is 14.7 Å². The minimum Gasteiger partial charge on any atom is -0.478 e. The number of amides is 1. The molecule has 1 aliphatic rings. The second-order valence-corrected chi connectivity index (χ2v) is 6.70. The summed E-state index contributed by atoms with van der Waals surface area (Å²) in [5, 5.41) is 16.0. The molecule has 0 aliphatic carbocycles. The molecule has 0 saturated heterocycles. The number of fused-ring (bicyclic) bond motifs is 1. The van der Waals surface area contributed by atoms with Crippen molar-refractivity contribution in [3.8, 4) is 0 Å². The van der Waals surface area contributed by atoms with Crippen LogP contribution in [-0.2, 0) is 4.79 Å². The fraction of sp³-hybridized carbons (Fsp3) is 0. The molecule has 3 N–H and O–H groups in total. The van der Waals surface area contributed by atoms with Crippen molar-refractivity contribution in [3.05, 3.63) is 94.5 Å². The fourth-order valence-electron chi connectivity index (χ4n) is 3.11. The lowest BCUT2D eigenvalue weighted by molar-refractivity contribution is -0.110. The molecule has 0 spiro atoms. The number of hydrogen-bond donors (Lipinski definition) is 3. The van der Waals surface area contributed by atoms with Gasteiger partial charge in [-0.05, 0) is 48.0 Å². The summed E-state index contributed by atoms with van der Waals surface area (Å²) >= 11 is 5.97. The Balaban J connectivity index is 1.92. The lowest BCUT2D eigenvalue weighted by Crippen LogP contribution is -2.10. The minimum absolute atomic E-state index is 0.117. The maximum absolute atomic E-state index is 12.8. The molecule has 0 radical (unpaired) electrons. The minimum atomic E-state index is -1.05. The zero-order valence-electron chi connectivity index (χ0n) is 14.6. The van der Waals surface area contributed by atoms with Crippen molar-refractivity contribution in [2.24, 2.45) is 0 Å². The normalized spacial score (nSPS) is 14.2. The maximum atomic E-state index is 12.8. The van der Waals surface area contributed by atoms with Crippen LogP contribution in [0.4, 0.5) is 11.4 Å². The molecule has 1 heterocycles. The third-order valence-electron chi connectivity index (χ3n) is 4.44. The van der Waals surface area contributed by atoms with Gasteiger partial charge in [-0.3, -0.25) is 4.79 Å². The van der Waals surface area contributed by atoms with E-state index in [-0.39, 0.29) is 11.5 Å². The third kappa shape index (κ3) is 3.35. The standard InChI is InChI=1S/C22H15ClN2O3/c23-15-7-9-16(10-8-15)24-20(13-4-2-1-3-5-13)19-17-12-14(22(27)28)6-11-18(17)25-21(19)26/h1-12,24H,(H,25,26)(H,27,28)/b20-19-. The van der Waals surface area contributed by atoms with Gasteiger partial charge in [-0.1, -0.05) is 41.9 Å². The van der Waals surface area contributed by atoms with E-state index in [1.165, 1.54) is 12.1 Å². The number of carbonyl (C=O) groups is 2. The van der Waals surface area contributed by atoms with Gasteiger partial charge in [0.1, 0.15) is 0 Å². The van der Waals surface area contributed by atoms with Crippen LogP contribution in [0.2, 0.25) is 5.02 Å². The quantitative estimate of drug-likeness (QED) is 0.549. The van der Waals surface area contributed by atoms with E-state index in [0.29, 0.717) is 27.5 Å². The van der Waals surface area contributed by atoms with Gasteiger partial charge in [-0.25, -0.2) is 4.79 Å². The average Bonchev–Trinajstić information content (AvgIpc) is 3.03. The molecular formula is C22H15ClN2O3. The highest BCUT2D eigenvalue weighted by atomic mass is 35.5. The summed E-state index contributed by atoms with van der Waals surface area (Å²) in [6.45, 7) is 0. The molecule has 1 aliphatic heterocycles. The summed E-state index contributed by atoms with van der Waals surface area (Å²) in [6, 6.07) is 21.1. The average molecular weight is 391 g/mol. The molecule has 28 heavy (non-hydrogen) atoms. The summed E-state index contributed by atoms with van der Waals surface area (Å²) in [5.41, 5.74) is 3.77. The predicted molar refractivity (Wildman–Crippen MR) is 110 cm³/mol.